The summed E-state index contributed by atoms with van der Waals surface area (Å²) in [6, 6.07) is 13.7. The van der Waals surface area contributed by atoms with Crippen LogP contribution in [0.2, 0.25) is 5.02 Å². The smallest absolute Gasteiger partial charge is 0.120 e. The van der Waals surface area contributed by atoms with Gasteiger partial charge in [0.25, 0.3) is 0 Å². The molecule has 1 N–H and O–H groups in total. The van der Waals surface area contributed by atoms with E-state index in [4.69, 9.17) is 11.6 Å². The van der Waals surface area contributed by atoms with Crippen molar-refractivity contribution in [1.82, 2.24) is 4.90 Å². The van der Waals surface area contributed by atoms with E-state index in [1.54, 1.807) is 6.07 Å². The summed E-state index contributed by atoms with van der Waals surface area (Å²) >= 11 is 9.81. The minimum absolute atomic E-state index is 0.168. The highest BCUT2D eigenvalue weighted by Gasteiger charge is 2.36. The van der Waals surface area contributed by atoms with Crippen molar-refractivity contribution in [3.05, 3.63) is 63.1 Å². The standard InChI is InChI=1S/C17H17BrClNO/c1-20-9-8-12(14-10-11(19)6-7-15(14)18)17(20)13-4-2-3-5-16(13)21/h2-7,10,12,17,21H,8-9H2,1H3. The molecule has 21 heavy (non-hydrogen) atoms. The second-order valence-corrected chi connectivity index (χ2v) is 6.84. The van der Waals surface area contributed by atoms with Gasteiger partial charge in [0, 0.05) is 27.0 Å². The van der Waals surface area contributed by atoms with Crippen LogP contribution in [0.4, 0.5) is 0 Å². The number of hydrogen-bond donors (Lipinski definition) is 1. The highest BCUT2D eigenvalue weighted by atomic mass is 79.9. The fraction of sp³-hybridized carbons (Fsp3) is 0.294. The molecule has 0 radical (unpaired) electrons. The highest BCUT2D eigenvalue weighted by molar-refractivity contribution is 9.10. The number of likely N-dealkylation sites (N-methyl/N-ethyl adjacent to an activating group) is 1. The molecular formula is C17H17BrClNO. The molecule has 1 aliphatic heterocycles. The summed E-state index contributed by atoms with van der Waals surface area (Å²) in [4.78, 5) is 2.30. The topological polar surface area (TPSA) is 23.5 Å². The minimum atomic E-state index is 0.168. The van der Waals surface area contributed by atoms with Crippen molar-refractivity contribution in [3.63, 3.8) is 0 Å². The van der Waals surface area contributed by atoms with Crippen LogP contribution in [-0.2, 0) is 0 Å². The zero-order valence-corrected chi connectivity index (χ0v) is 14.1. The van der Waals surface area contributed by atoms with Crippen LogP contribution >= 0.6 is 27.5 Å². The summed E-state index contributed by atoms with van der Waals surface area (Å²) in [6.45, 7) is 1.00. The van der Waals surface area contributed by atoms with Gasteiger partial charge in [0.15, 0.2) is 0 Å². The van der Waals surface area contributed by atoms with Crippen molar-refractivity contribution in [3.8, 4) is 5.75 Å². The van der Waals surface area contributed by atoms with Gasteiger partial charge in [-0.3, -0.25) is 4.90 Å². The van der Waals surface area contributed by atoms with E-state index >= 15 is 0 Å². The zero-order chi connectivity index (χ0) is 15.0. The van der Waals surface area contributed by atoms with Crippen LogP contribution in [0.5, 0.6) is 5.75 Å². The van der Waals surface area contributed by atoms with Crippen molar-refractivity contribution in [1.29, 1.82) is 0 Å². The van der Waals surface area contributed by atoms with Crippen molar-refractivity contribution in [2.24, 2.45) is 0 Å². The summed E-state index contributed by atoms with van der Waals surface area (Å²) < 4.78 is 1.08. The maximum atomic E-state index is 10.2. The van der Waals surface area contributed by atoms with E-state index in [1.807, 2.05) is 36.4 Å². The molecule has 4 heteroatoms. The monoisotopic (exact) mass is 365 g/mol. The SMILES string of the molecule is CN1CCC(c2cc(Cl)ccc2Br)C1c1ccccc1O. The van der Waals surface area contributed by atoms with Gasteiger partial charge in [-0.25, -0.2) is 0 Å². The van der Waals surface area contributed by atoms with E-state index in [9.17, 15) is 5.11 Å². The summed E-state index contributed by atoms with van der Waals surface area (Å²) in [5.41, 5.74) is 2.19. The molecule has 2 atom stereocenters. The number of likely N-dealkylation sites (tertiary alicyclic amines) is 1. The predicted octanol–water partition coefficient (Wildman–Crippen LogP) is 4.97. The Balaban J connectivity index is 2.06. The number of halogens is 2. The number of rotatable bonds is 2. The summed E-state index contributed by atoms with van der Waals surface area (Å²) in [5, 5.41) is 11.0. The number of phenols is 1. The summed E-state index contributed by atoms with van der Waals surface area (Å²) in [7, 11) is 2.11. The first-order valence-electron chi connectivity index (χ1n) is 7.01. The van der Waals surface area contributed by atoms with Crippen LogP contribution in [-0.4, -0.2) is 23.6 Å². The number of benzene rings is 2. The van der Waals surface area contributed by atoms with Crippen LogP contribution in [0.15, 0.2) is 46.9 Å². The molecule has 2 aromatic carbocycles. The van der Waals surface area contributed by atoms with Crippen LogP contribution < -0.4 is 0 Å². The van der Waals surface area contributed by atoms with E-state index in [0.717, 1.165) is 28.0 Å². The number of nitrogens with zero attached hydrogens (tertiary/aromatic N) is 1. The van der Waals surface area contributed by atoms with Gasteiger partial charge in [0.05, 0.1) is 0 Å². The third-order valence-electron chi connectivity index (χ3n) is 4.26. The molecule has 0 aromatic heterocycles. The average Bonchev–Trinajstić information content (AvgIpc) is 2.84. The lowest BCUT2D eigenvalue weighted by atomic mass is 9.87. The molecule has 0 spiro atoms. The fourth-order valence-electron chi connectivity index (χ4n) is 3.26. The first-order valence-corrected chi connectivity index (χ1v) is 8.18. The first-order chi connectivity index (χ1) is 10.1. The van der Waals surface area contributed by atoms with Gasteiger partial charge in [0.2, 0.25) is 0 Å². The van der Waals surface area contributed by atoms with Gasteiger partial charge < -0.3 is 5.11 Å². The lowest BCUT2D eigenvalue weighted by Crippen LogP contribution is -2.20. The Bertz CT molecular complexity index is 661. The Morgan fingerprint density at radius 3 is 2.71 bits per heavy atom. The Hall–Kier alpha value is -1.03. The molecule has 1 heterocycles. The second kappa shape index (κ2) is 5.99. The Kier molecular flexibility index (Phi) is 4.25. The molecule has 0 amide bonds. The lowest BCUT2D eigenvalue weighted by Gasteiger charge is -2.27. The number of phenolic OH excluding ortho intramolecular Hbond substituents is 1. The molecule has 0 aliphatic carbocycles. The van der Waals surface area contributed by atoms with Crippen LogP contribution in [0, 0.1) is 0 Å². The molecule has 2 nitrogen and oxygen atoms in total. The second-order valence-electron chi connectivity index (χ2n) is 5.55. The molecule has 2 unspecified atom stereocenters. The van der Waals surface area contributed by atoms with E-state index in [1.165, 1.54) is 5.56 Å². The van der Waals surface area contributed by atoms with Crippen molar-refractivity contribution in [2.75, 3.05) is 13.6 Å². The van der Waals surface area contributed by atoms with E-state index < -0.39 is 0 Å². The van der Waals surface area contributed by atoms with Gasteiger partial charge in [-0.2, -0.15) is 0 Å². The Morgan fingerprint density at radius 1 is 1.19 bits per heavy atom. The van der Waals surface area contributed by atoms with Gasteiger partial charge in [0.1, 0.15) is 5.75 Å². The van der Waals surface area contributed by atoms with Gasteiger partial charge >= 0.3 is 0 Å². The maximum Gasteiger partial charge on any atom is 0.120 e. The molecule has 1 aliphatic rings. The van der Waals surface area contributed by atoms with Crippen molar-refractivity contribution < 1.29 is 5.11 Å². The van der Waals surface area contributed by atoms with E-state index in [2.05, 4.69) is 27.9 Å². The quantitative estimate of drug-likeness (QED) is 0.811. The van der Waals surface area contributed by atoms with Crippen LogP contribution in [0.3, 0.4) is 0 Å². The third-order valence-corrected chi connectivity index (χ3v) is 5.22. The molecular weight excluding hydrogens is 350 g/mol. The molecule has 0 saturated carbocycles. The maximum absolute atomic E-state index is 10.2. The average molecular weight is 367 g/mol. The first kappa shape index (κ1) is 14.9. The fourth-order valence-corrected chi connectivity index (χ4v) is 3.98. The predicted molar refractivity (Wildman–Crippen MR) is 90.0 cm³/mol. The molecule has 3 rings (SSSR count). The highest BCUT2D eigenvalue weighted by Crippen LogP contribution is 2.47. The van der Waals surface area contributed by atoms with Gasteiger partial charge in [-0.15, -0.1) is 0 Å². The number of para-hydroxylation sites is 1. The molecule has 1 saturated heterocycles. The summed E-state index contributed by atoms with van der Waals surface area (Å²) in [6.07, 6.45) is 1.05. The minimum Gasteiger partial charge on any atom is -0.508 e. The van der Waals surface area contributed by atoms with Crippen LogP contribution in [0.25, 0.3) is 0 Å². The van der Waals surface area contributed by atoms with Crippen molar-refractivity contribution in [2.45, 2.75) is 18.4 Å². The van der Waals surface area contributed by atoms with Crippen LogP contribution in [0.1, 0.15) is 29.5 Å². The van der Waals surface area contributed by atoms with E-state index in [-0.39, 0.29) is 6.04 Å². The number of aromatic hydroxyl groups is 1. The Morgan fingerprint density at radius 2 is 1.95 bits per heavy atom. The molecule has 2 aromatic rings. The molecule has 0 bridgehead atoms. The zero-order valence-electron chi connectivity index (χ0n) is 11.8. The van der Waals surface area contributed by atoms with Gasteiger partial charge in [-0.1, -0.05) is 45.7 Å². The summed E-state index contributed by atoms with van der Waals surface area (Å²) in [5.74, 6) is 0.677. The lowest BCUT2D eigenvalue weighted by molar-refractivity contribution is 0.295. The largest absolute Gasteiger partial charge is 0.508 e. The normalized spacial score (nSPS) is 22.6. The van der Waals surface area contributed by atoms with Crippen molar-refractivity contribution >= 4 is 27.5 Å². The third kappa shape index (κ3) is 2.83. The number of hydrogen-bond acceptors (Lipinski definition) is 2. The Labute approximate surface area is 138 Å². The molecule has 1 fully saturated rings. The van der Waals surface area contributed by atoms with E-state index in [0.29, 0.717) is 11.7 Å². The molecule has 110 valence electrons. The van der Waals surface area contributed by atoms with Gasteiger partial charge in [-0.05, 0) is 49.8 Å².